The Labute approximate surface area is 95.4 Å². The molecule has 0 aromatic carbocycles. The van der Waals surface area contributed by atoms with Crippen molar-refractivity contribution in [3.05, 3.63) is 0 Å². The van der Waals surface area contributed by atoms with E-state index in [0.717, 1.165) is 12.0 Å². The molecule has 3 unspecified atom stereocenters. The zero-order valence-electron chi connectivity index (χ0n) is 10.9. The summed E-state index contributed by atoms with van der Waals surface area (Å²) in [6.07, 6.45) is 5.25. The number of likely N-dealkylation sites (N-methyl/N-ethyl adjacent to an activating group) is 1. The van der Waals surface area contributed by atoms with Crippen LogP contribution in [0.1, 0.15) is 46.5 Å². The summed E-state index contributed by atoms with van der Waals surface area (Å²) in [7, 11) is 2.11. The van der Waals surface area contributed by atoms with Crippen molar-refractivity contribution in [2.24, 2.45) is 5.92 Å². The fraction of sp³-hybridized carbons (Fsp3) is 1.00. The molecule has 0 bridgehead atoms. The lowest BCUT2D eigenvalue weighted by Crippen LogP contribution is -2.47. The SMILES string of the molecule is CCCC(NC)C(CC)N1CCC(C)C1. The van der Waals surface area contributed by atoms with Crippen LogP contribution in [0.4, 0.5) is 0 Å². The van der Waals surface area contributed by atoms with Gasteiger partial charge in [-0.3, -0.25) is 4.90 Å². The van der Waals surface area contributed by atoms with Gasteiger partial charge in [-0.2, -0.15) is 0 Å². The molecule has 3 atom stereocenters. The summed E-state index contributed by atoms with van der Waals surface area (Å²) < 4.78 is 0. The highest BCUT2D eigenvalue weighted by Gasteiger charge is 2.29. The minimum absolute atomic E-state index is 0.685. The van der Waals surface area contributed by atoms with Crippen molar-refractivity contribution in [2.75, 3.05) is 20.1 Å². The first-order valence-electron chi connectivity index (χ1n) is 6.64. The van der Waals surface area contributed by atoms with Crippen LogP contribution in [0, 0.1) is 5.92 Å². The molecule has 0 saturated carbocycles. The van der Waals surface area contributed by atoms with Gasteiger partial charge in [0.05, 0.1) is 0 Å². The molecular formula is C13H28N2. The minimum Gasteiger partial charge on any atom is -0.315 e. The quantitative estimate of drug-likeness (QED) is 0.728. The molecule has 2 nitrogen and oxygen atoms in total. The Balaban J connectivity index is 2.52. The monoisotopic (exact) mass is 212 g/mol. The van der Waals surface area contributed by atoms with Crippen LogP contribution in [0.3, 0.4) is 0 Å². The Kier molecular flexibility index (Phi) is 5.62. The third kappa shape index (κ3) is 3.46. The topological polar surface area (TPSA) is 15.3 Å². The fourth-order valence-corrected chi connectivity index (χ4v) is 2.91. The molecular weight excluding hydrogens is 184 g/mol. The van der Waals surface area contributed by atoms with Crippen molar-refractivity contribution < 1.29 is 0 Å². The van der Waals surface area contributed by atoms with Crippen LogP contribution in [0.25, 0.3) is 0 Å². The second-order valence-electron chi connectivity index (χ2n) is 5.05. The van der Waals surface area contributed by atoms with Crippen LogP contribution in [0.5, 0.6) is 0 Å². The molecule has 0 aliphatic carbocycles. The molecule has 1 saturated heterocycles. The molecule has 1 aliphatic rings. The summed E-state index contributed by atoms with van der Waals surface area (Å²) >= 11 is 0. The summed E-state index contributed by atoms with van der Waals surface area (Å²) in [6.45, 7) is 9.60. The van der Waals surface area contributed by atoms with Gasteiger partial charge in [-0.25, -0.2) is 0 Å². The van der Waals surface area contributed by atoms with Gasteiger partial charge in [-0.15, -0.1) is 0 Å². The van der Waals surface area contributed by atoms with E-state index in [1.54, 1.807) is 0 Å². The summed E-state index contributed by atoms with van der Waals surface area (Å²) in [4.78, 5) is 2.70. The fourth-order valence-electron chi connectivity index (χ4n) is 2.91. The lowest BCUT2D eigenvalue weighted by atomic mass is 9.99. The largest absolute Gasteiger partial charge is 0.315 e. The van der Waals surface area contributed by atoms with Crippen molar-refractivity contribution in [1.29, 1.82) is 0 Å². The molecule has 15 heavy (non-hydrogen) atoms. The smallest absolute Gasteiger partial charge is 0.0246 e. The summed E-state index contributed by atoms with van der Waals surface area (Å²) in [6, 6.07) is 1.44. The van der Waals surface area contributed by atoms with Crippen LogP contribution in [-0.2, 0) is 0 Å². The third-order valence-electron chi connectivity index (χ3n) is 3.78. The van der Waals surface area contributed by atoms with Gasteiger partial charge >= 0.3 is 0 Å². The van der Waals surface area contributed by atoms with E-state index in [0.29, 0.717) is 6.04 Å². The average Bonchev–Trinajstić information content (AvgIpc) is 2.64. The van der Waals surface area contributed by atoms with E-state index in [9.17, 15) is 0 Å². The molecule has 90 valence electrons. The van der Waals surface area contributed by atoms with Gasteiger partial charge in [-0.1, -0.05) is 27.2 Å². The Bertz CT molecular complexity index is 166. The number of rotatable bonds is 6. The van der Waals surface area contributed by atoms with Gasteiger partial charge in [-0.05, 0) is 38.8 Å². The minimum atomic E-state index is 0.685. The van der Waals surface area contributed by atoms with Crippen LogP contribution < -0.4 is 5.32 Å². The Morgan fingerprint density at radius 1 is 1.40 bits per heavy atom. The molecule has 0 amide bonds. The first-order valence-corrected chi connectivity index (χ1v) is 6.64. The molecule has 1 aliphatic heterocycles. The highest BCUT2D eigenvalue weighted by molar-refractivity contribution is 4.86. The van der Waals surface area contributed by atoms with E-state index in [1.165, 1.54) is 38.8 Å². The van der Waals surface area contributed by atoms with E-state index in [1.807, 2.05) is 0 Å². The molecule has 0 radical (unpaired) electrons. The maximum atomic E-state index is 3.50. The van der Waals surface area contributed by atoms with Crippen LogP contribution >= 0.6 is 0 Å². The maximum absolute atomic E-state index is 3.50. The summed E-state index contributed by atoms with van der Waals surface area (Å²) in [5, 5.41) is 3.50. The lowest BCUT2D eigenvalue weighted by Gasteiger charge is -2.34. The zero-order valence-corrected chi connectivity index (χ0v) is 10.9. The predicted octanol–water partition coefficient (Wildman–Crippen LogP) is 2.49. The standard InChI is InChI=1S/C13H28N2/c1-5-7-12(14-4)13(6-2)15-9-8-11(3)10-15/h11-14H,5-10H2,1-4H3. The predicted molar refractivity (Wildman–Crippen MR) is 67.2 cm³/mol. The number of hydrogen-bond acceptors (Lipinski definition) is 2. The Morgan fingerprint density at radius 2 is 2.13 bits per heavy atom. The molecule has 1 rings (SSSR count). The van der Waals surface area contributed by atoms with E-state index in [4.69, 9.17) is 0 Å². The number of nitrogens with zero attached hydrogens (tertiary/aromatic N) is 1. The maximum Gasteiger partial charge on any atom is 0.0246 e. The van der Waals surface area contributed by atoms with Crippen molar-refractivity contribution in [2.45, 2.75) is 58.5 Å². The van der Waals surface area contributed by atoms with Gasteiger partial charge < -0.3 is 5.32 Å². The van der Waals surface area contributed by atoms with Gasteiger partial charge in [0, 0.05) is 18.6 Å². The van der Waals surface area contributed by atoms with Crippen LogP contribution in [0.15, 0.2) is 0 Å². The highest BCUT2D eigenvalue weighted by Crippen LogP contribution is 2.22. The first-order chi connectivity index (χ1) is 7.22. The van der Waals surface area contributed by atoms with Crippen molar-refractivity contribution in [3.8, 4) is 0 Å². The van der Waals surface area contributed by atoms with E-state index in [2.05, 4.69) is 38.0 Å². The first kappa shape index (κ1) is 13.0. The molecule has 0 spiro atoms. The van der Waals surface area contributed by atoms with Gasteiger partial charge in [0.25, 0.3) is 0 Å². The number of nitrogens with one attached hydrogen (secondary N) is 1. The molecule has 0 aromatic heterocycles. The lowest BCUT2D eigenvalue weighted by molar-refractivity contribution is 0.178. The molecule has 2 heteroatoms. The van der Waals surface area contributed by atoms with E-state index in [-0.39, 0.29) is 0 Å². The van der Waals surface area contributed by atoms with Gasteiger partial charge in [0.1, 0.15) is 0 Å². The normalized spacial score (nSPS) is 26.8. The Morgan fingerprint density at radius 3 is 2.53 bits per heavy atom. The second-order valence-corrected chi connectivity index (χ2v) is 5.05. The van der Waals surface area contributed by atoms with Gasteiger partial charge in [0.2, 0.25) is 0 Å². The van der Waals surface area contributed by atoms with Gasteiger partial charge in [0.15, 0.2) is 0 Å². The molecule has 1 fully saturated rings. The second kappa shape index (κ2) is 6.49. The molecule has 0 aromatic rings. The molecule has 1 N–H and O–H groups in total. The van der Waals surface area contributed by atoms with E-state index >= 15 is 0 Å². The highest BCUT2D eigenvalue weighted by atomic mass is 15.2. The van der Waals surface area contributed by atoms with E-state index < -0.39 is 0 Å². The third-order valence-corrected chi connectivity index (χ3v) is 3.78. The summed E-state index contributed by atoms with van der Waals surface area (Å²) in [5.74, 6) is 0.901. The number of likely N-dealkylation sites (tertiary alicyclic amines) is 1. The van der Waals surface area contributed by atoms with Crippen LogP contribution in [0.2, 0.25) is 0 Å². The Hall–Kier alpha value is -0.0800. The summed E-state index contributed by atoms with van der Waals surface area (Å²) in [5.41, 5.74) is 0. The van der Waals surface area contributed by atoms with Crippen LogP contribution in [-0.4, -0.2) is 37.1 Å². The van der Waals surface area contributed by atoms with Crippen molar-refractivity contribution in [3.63, 3.8) is 0 Å². The number of hydrogen-bond donors (Lipinski definition) is 1. The molecule has 1 heterocycles. The van der Waals surface area contributed by atoms with Crippen molar-refractivity contribution >= 4 is 0 Å². The average molecular weight is 212 g/mol. The van der Waals surface area contributed by atoms with Crippen molar-refractivity contribution in [1.82, 2.24) is 10.2 Å². The zero-order chi connectivity index (χ0) is 11.3.